The first-order chi connectivity index (χ1) is 15.1. The monoisotopic (exact) mass is 467 g/mol. The number of ether oxygens (including phenoxy) is 1. The lowest BCUT2D eigenvalue weighted by atomic mass is 9.78. The summed E-state index contributed by atoms with van der Waals surface area (Å²) in [4.78, 5) is 41.0. The molecular weight excluding hydrogens is 434 g/mol. The van der Waals surface area contributed by atoms with E-state index in [4.69, 9.17) is 10.5 Å². The van der Waals surface area contributed by atoms with E-state index in [2.05, 4.69) is 10.6 Å². The number of nitrogens with one attached hydrogen (secondary N) is 2. The summed E-state index contributed by atoms with van der Waals surface area (Å²) in [6, 6.07) is -0.700. The first-order valence-electron chi connectivity index (χ1n) is 10.7. The number of carbonyl (C=O) groups is 3. The molecule has 0 unspecified atom stereocenters. The van der Waals surface area contributed by atoms with Gasteiger partial charge < -0.3 is 36.0 Å². The number of rotatable bonds is 9. The van der Waals surface area contributed by atoms with E-state index >= 15 is 0 Å². The molecule has 3 rings (SSSR count). The van der Waals surface area contributed by atoms with E-state index in [-0.39, 0.29) is 59.3 Å². The average molecular weight is 468 g/mol. The van der Waals surface area contributed by atoms with Gasteiger partial charge in [0.05, 0.1) is 30.3 Å². The molecule has 0 saturated carbocycles. The number of nitrogens with two attached hydrogens (primary N) is 1. The highest BCUT2D eigenvalue weighted by Crippen LogP contribution is 2.51. The number of methoxy groups -OCH3 is 1. The number of β-lactam (4-membered cyclic amide) rings is 1. The summed E-state index contributed by atoms with van der Waals surface area (Å²) >= 11 is 1.48. The van der Waals surface area contributed by atoms with Crippen molar-refractivity contribution in [1.29, 1.82) is 0 Å². The molecule has 32 heavy (non-hydrogen) atoms. The Morgan fingerprint density at radius 3 is 2.75 bits per heavy atom. The van der Waals surface area contributed by atoms with E-state index in [0.717, 1.165) is 0 Å². The molecule has 2 saturated heterocycles. The number of hydrogen-bond acceptors (Lipinski definition) is 8. The van der Waals surface area contributed by atoms with Gasteiger partial charge in [0, 0.05) is 56.1 Å². The van der Waals surface area contributed by atoms with E-state index in [1.165, 1.54) is 16.7 Å². The third-order valence-corrected chi connectivity index (χ3v) is 7.81. The summed E-state index contributed by atoms with van der Waals surface area (Å²) in [5.41, 5.74) is 6.44. The number of thioether (sulfide) groups is 1. The van der Waals surface area contributed by atoms with Crippen molar-refractivity contribution >= 4 is 29.5 Å². The van der Waals surface area contributed by atoms with Crippen LogP contribution in [0.1, 0.15) is 20.3 Å². The highest BCUT2D eigenvalue weighted by atomic mass is 32.2. The van der Waals surface area contributed by atoms with Crippen LogP contribution >= 0.6 is 11.8 Å². The van der Waals surface area contributed by atoms with Crippen LogP contribution in [0.4, 0.5) is 0 Å². The second-order valence-corrected chi connectivity index (χ2v) is 10.2. The van der Waals surface area contributed by atoms with Gasteiger partial charge in [-0.3, -0.25) is 9.59 Å². The fourth-order valence-electron chi connectivity index (χ4n) is 4.72. The van der Waals surface area contributed by atoms with Crippen LogP contribution in [-0.2, 0) is 19.1 Å². The van der Waals surface area contributed by atoms with Crippen LogP contribution in [-0.4, -0.2) is 90.4 Å². The summed E-state index contributed by atoms with van der Waals surface area (Å²) < 4.78 is 4.99. The van der Waals surface area contributed by atoms with Crippen molar-refractivity contribution in [2.75, 3.05) is 34.4 Å². The Morgan fingerprint density at radius 1 is 1.47 bits per heavy atom. The number of nitrogens with zero attached hydrogens (tertiary/aromatic N) is 2. The molecule has 2 fully saturated rings. The quantitative estimate of drug-likeness (QED) is 0.338. The van der Waals surface area contributed by atoms with Crippen LogP contribution in [0.5, 0.6) is 0 Å². The predicted molar refractivity (Wildman–Crippen MR) is 121 cm³/mol. The Labute approximate surface area is 192 Å². The largest absolute Gasteiger partial charge is 0.477 e. The molecule has 0 aromatic rings. The molecule has 0 aromatic heterocycles. The maximum absolute atomic E-state index is 13.0. The average Bonchev–Trinajstić information content (AvgIpc) is 3.28. The van der Waals surface area contributed by atoms with E-state index in [0.29, 0.717) is 23.6 Å². The summed E-state index contributed by atoms with van der Waals surface area (Å²) in [5.74, 6) is -1.74. The van der Waals surface area contributed by atoms with E-state index in [1.54, 1.807) is 32.3 Å². The van der Waals surface area contributed by atoms with Gasteiger partial charge in [-0.2, -0.15) is 0 Å². The van der Waals surface area contributed by atoms with Crippen molar-refractivity contribution in [2.45, 2.75) is 43.6 Å². The van der Waals surface area contributed by atoms with Crippen molar-refractivity contribution < 1.29 is 24.2 Å². The number of likely N-dealkylation sites (N-methyl/N-ethyl adjacent to an activating group) is 1. The Hall–Kier alpha value is -2.24. The minimum atomic E-state index is -1.09. The zero-order valence-electron chi connectivity index (χ0n) is 19.1. The molecule has 11 heteroatoms. The van der Waals surface area contributed by atoms with Crippen LogP contribution in [0, 0.1) is 11.8 Å². The van der Waals surface area contributed by atoms with Crippen molar-refractivity contribution in [3.63, 3.8) is 0 Å². The van der Waals surface area contributed by atoms with Gasteiger partial charge in [-0.05, 0) is 13.3 Å². The van der Waals surface area contributed by atoms with Crippen molar-refractivity contribution in [3.8, 4) is 0 Å². The van der Waals surface area contributed by atoms with E-state index in [9.17, 15) is 19.5 Å². The van der Waals surface area contributed by atoms with Crippen LogP contribution in [0.2, 0.25) is 0 Å². The maximum atomic E-state index is 13.0. The number of hydrogen-bond donors (Lipinski definition) is 4. The lowest BCUT2D eigenvalue weighted by Crippen LogP contribution is -2.65. The van der Waals surface area contributed by atoms with Crippen LogP contribution < -0.4 is 16.4 Å². The molecular formula is C21H33N5O5S. The smallest absolute Gasteiger partial charge is 0.353 e. The second-order valence-electron chi connectivity index (χ2n) is 8.81. The molecule has 0 radical (unpaired) electrons. The fraction of sp³-hybridized carbons (Fsp3) is 0.667. The van der Waals surface area contributed by atoms with Crippen molar-refractivity contribution in [1.82, 2.24) is 20.4 Å². The Bertz CT molecular complexity index is 844. The highest BCUT2D eigenvalue weighted by molar-refractivity contribution is 8.03. The zero-order valence-corrected chi connectivity index (χ0v) is 19.9. The number of amides is 2. The van der Waals surface area contributed by atoms with Crippen molar-refractivity contribution in [3.05, 3.63) is 22.5 Å². The minimum Gasteiger partial charge on any atom is -0.477 e. The second kappa shape index (κ2) is 9.72. The molecule has 0 aromatic carbocycles. The lowest BCUT2D eigenvalue weighted by Gasteiger charge is -2.47. The van der Waals surface area contributed by atoms with Gasteiger partial charge in [-0.25, -0.2) is 4.79 Å². The summed E-state index contributed by atoms with van der Waals surface area (Å²) in [5, 5.41) is 16.3. The van der Waals surface area contributed by atoms with Gasteiger partial charge in [0.25, 0.3) is 0 Å². The van der Waals surface area contributed by atoms with Gasteiger partial charge in [-0.1, -0.05) is 6.92 Å². The molecule has 3 aliphatic heterocycles. The molecule has 178 valence electrons. The molecule has 5 N–H and O–H groups in total. The topological polar surface area (TPSA) is 137 Å². The first-order valence-corrected chi connectivity index (χ1v) is 11.6. The summed E-state index contributed by atoms with van der Waals surface area (Å²) in [7, 11) is 4.99. The third-order valence-electron chi connectivity index (χ3n) is 6.30. The third kappa shape index (κ3) is 4.46. The molecule has 3 aliphatic rings. The molecule has 10 nitrogen and oxygen atoms in total. The Kier molecular flexibility index (Phi) is 7.41. The van der Waals surface area contributed by atoms with E-state index < -0.39 is 5.97 Å². The Morgan fingerprint density at radius 2 is 2.16 bits per heavy atom. The van der Waals surface area contributed by atoms with Crippen LogP contribution in [0.3, 0.4) is 0 Å². The zero-order chi connectivity index (χ0) is 23.7. The SMILES string of the molecule is COC/C(N)=C/N[C@H](C)[C@H]1C(=O)N2C(C(=O)O)=C(S[C@@H]3CN[C@H](C(=O)N(C)C)C3)[C@H](C)[C@H]12. The highest BCUT2D eigenvalue weighted by Gasteiger charge is 2.60. The summed E-state index contributed by atoms with van der Waals surface area (Å²) in [6.45, 7) is 4.76. The van der Waals surface area contributed by atoms with Gasteiger partial charge >= 0.3 is 5.97 Å². The molecule has 2 amide bonds. The Balaban J connectivity index is 1.73. The summed E-state index contributed by atoms with van der Waals surface area (Å²) in [6.07, 6.45) is 2.26. The predicted octanol–water partition coefficient (Wildman–Crippen LogP) is -0.264. The molecule has 0 spiro atoms. The minimum absolute atomic E-state index is 0.0137. The van der Waals surface area contributed by atoms with Crippen LogP contribution in [0.25, 0.3) is 0 Å². The van der Waals surface area contributed by atoms with Gasteiger partial charge in [0.15, 0.2) is 0 Å². The van der Waals surface area contributed by atoms with E-state index in [1.807, 2.05) is 13.8 Å². The molecule has 3 heterocycles. The standard InChI is InChI=1S/C21H33N5O5S/c1-10-16-15(11(2)23-7-12(22)9-31-5)20(28)26(16)17(21(29)30)18(10)32-13-6-14(24-8-13)19(27)25(3)4/h7,10-11,13-16,23-24H,6,8-9,22H2,1-5H3,(H,29,30)/b12-7-/t10-,11-,13+,14+,15-,16-/m1/s1. The molecule has 0 bridgehead atoms. The number of carbonyl (C=O) groups excluding carboxylic acids is 2. The first kappa shape index (κ1) is 24.4. The number of fused-ring (bicyclic) bond motifs is 1. The number of aliphatic carboxylic acids is 1. The number of carboxylic acids is 1. The lowest BCUT2D eigenvalue weighted by molar-refractivity contribution is -0.158. The van der Waals surface area contributed by atoms with Gasteiger partial charge in [-0.15, -0.1) is 11.8 Å². The fourth-order valence-corrected chi connectivity index (χ4v) is 6.20. The molecule has 0 aliphatic carbocycles. The number of carboxylic acid groups (broad SMARTS) is 1. The van der Waals surface area contributed by atoms with Crippen molar-refractivity contribution in [2.24, 2.45) is 17.6 Å². The van der Waals surface area contributed by atoms with Gasteiger partial charge in [0.2, 0.25) is 11.8 Å². The normalized spacial score (nSPS) is 30.8. The van der Waals surface area contributed by atoms with Gasteiger partial charge in [0.1, 0.15) is 5.70 Å². The van der Waals surface area contributed by atoms with Crippen LogP contribution in [0.15, 0.2) is 22.5 Å². The maximum Gasteiger partial charge on any atom is 0.353 e. The molecule has 6 atom stereocenters.